The number of nitrogens with one attached hydrogen (secondary N) is 2. The van der Waals surface area contributed by atoms with Crippen molar-refractivity contribution in [2.75, 3.05) is 17.3 Å². The van der Waals surface area contributed by atoms with Crippen LogP contribution in [0.5, 0.6) is 0 Å². The molecule has 1 unspecified atom stereocenters. The van der Waals surface area contributed by atoms with Crippen LogP contribution < -0.4 is 10.6 Å². The van der Waals surface area contributed by atoms with Gasteiger partial charge in [0.1, 0.15) is 6.04 Å². The first-order valence-electron chi connectivity index (χ1n) is 5.62. The molecule has 0 saturated carbocycles. The summed E-state index contributed by atoms with van der Waals surface area (Å²) in [5.74, 6) is -0.371. The smallest absolute Gasteiger partial charge is 0.326 e. The zero-order valence-electron chi connectivity index (χ0n) is 10.4. The Hall–Kier alpha value is -1.34. The topological polar surface area (TPSA) is 78.4 Å². The largest absolute Gasteiger partial charge is 0.480 e. The molecule has 0 aliphatic rings. The summed E-state index contributed by atoms with van der Waals surface area (Å²) >= 11 is 5.73. The maximum atomic E-state index is 11.7. The Labute approximate surface area is 121 Å². The van der Waals surface area contributed by atoms with E-state index >= 15 is 0 Å². The summed E-state index contributed by atoms with van der Waals surface area (Å²) in [6, 6.07) is 5.55. The molecule has 0 spiro atoms. The molecule has 19 heavy (non-hydrogen) atoms. The van der Waals surface area contributed by atoms with Gasteiger partial charge in [0.15, 0.2) is 0 Å². The Morgan fingerprint density at radius 3 is 2.68 bits per heavy atom. The number of carboxylic acid groups (broad SMARTS) is 1. The zero-order valence-corrected chi connectivity index (χ0v) is 12.1. The van der Waals surface area contributed by atoms with Crippen LogP contribution >= 0.6 is 24.4 Å². The number of benzene rings is 1. The van der Waals surface area contributed by atoms with Gasteiger partial charge in [-0.1, -0.05) is 12.1 Å². The van der Waals surface area contributed by atoms with E-state index in [2.05, 4.69) is 23.3 Å². The number of thioether (sulfide) groups is 1. The molecule has 0 saturated heterocycles. The lowest BCUT2D eigenvalue weighted by Crippen LogP contribution is -2.43. The summed E-state index contributed by atoms with van der Waals surface area (Å²) in [4.78, 5) is 23.3. The van der Waals surface area contributed by atoms with Crippen molar-refractivity contribution < 1.29 is 14.7 Å². The number of carbonyl (C=O) groups is 2. The number of aliphatic carboxylic acids is 1. The average Bonchev–Trinajstić information content (AvgIpc) is 2.37. The highest BCUT2D eigenvalue weighted by Gasteiger charge is 2.19. The number of hydrogen-bond donors (Lipinski definition) is 4. The van der Waals surface area contributed by atoms with Crippen LogP contribution in [0.2, 0.25) is 0 Å². The summed E-state index contributed by atoms with van der Waals surface area (Å²) in [6.45, 7) is 0. The Morgan fingerprint density at radius 2 is 2.11 bits per heavy atom. The van der Waals surface area contributed by atoms with Crippen molar-refractivity contribution >= 4 is 42.1 Å². The lowest BCUT2D eigenvalue weighted by Gasteiger charge is -2.15. The quantitative estimate of drug-likeness (QED) is 0.608. The number of anilines is 1. The molecular weight excluding hydrogens is 284 g/mol. The van der Waals surface area contributed by atoms with Gasteiger partial charge in [0.2, 0.25) is 0 Å². The zero-order chi connectivity index (χ0) is 14.3. The number of hydrogen-bond acceptors (Lipinski definition) is 4. The predicted octanol–water partition coefficient (Wildman–Crippen LogP) is 2.30. The van der Waals surface area contributed by atoms with E-state index in [0.717, 1.165) is 0 Å². The molecule has 3 N–H and O–H groups in total. The molecule has 2 amide bonds. The Balaban J connectivity index is 2.58. The van der Waals surface area contributed by atoms with Gasteiger partial charge in [-0.15, -0.1) is 12.6 Å². The van der Waals surface area contributed by atoms with Crippen LogP contribution in [0, 0.1) is 0 Å². The lowest BCUT2D eigenvalue weighted by molar-refractivity contribution is -0.139. The van der Waals surface area contributed by atoms with Crippen LogP contribution in [0.15, 0.2) is 29.2 Å². The van der Waals surface area contributed by atoms with Crippen LogP contribution in [0.1, 0.15) is 6.42 Å². The van der Waals surface area contributed by atoms with E-state index in [1.54, 1.807) is 24.3 Å². The highest BCUT2D eigenvalue weighted by Crippen LogP contribution is 2.18. The van der Waals surface area contributed by atoms with Gasteiger partial charge in [0.25, 0.3) is 0 Å². The fourth-order valence-corrected chi connectivity index (χ4v) is 2.08. The first kappa shape index (κ1) is 15.7. The minimum absolute atomic E-state index is 0.381. The van der Waals surface area contributed by atoms with Crippen LogP contribution in [0.4, 0.5) is 10.5 Å². The molecule has 0 heterocycles. The molecule has 7 heteroatoms. The third kappa shape index (κ3) is 5.44. The van der Waals surface area contributed by atoms with Crippen LogP contribution in [0.25, 0.3) is 0 Å². The normalized spacial score (nSPS) is 11.7. The summed E-state index contributed by atoms with van der Waals surface area (Å²) < 4.78 is 0. The molecular formula is C12H16N2O3S2. The first-order chi connectivity index (χ1) is 9.04. The molecule has 1 aromatic carbocycles. The molecule has 104 valence electrons. The van der Waals surface area contributed by atoms with Gasteiger partial charge in [0.05, 0.1) is 5.69 Å². The van der Waals surface area contributed by atoms with Gasteiger partial charge in [-0.3, -0.25) is 0 Å². The van der Waals surface area contributed by atoms with E-state index in [1.807, 2.05) is 6.26 Å². The molecule has 0 aliphatic carbocycles. The summed E-state index contributed by atoms with van der Waals surface area (Å²) in [5, 5.41) is 14.0. The second-order valence-electron chi connectivity index (χ2n) is 3.79. The fourth-order valence-electron chi connectivity index (χ4n) is 1.39. The summed E-state index contributed by atoms with van der Waals surface area (Å²) in [7, 11) is 0. The number of urea groups is 1. The fraction of sp³-hybridized carbons (Fsp3) is 0.333. The molecule has 1 aromatic rings. The molecule has 0 bridgehead atoms. The van der Waals surface area contributed by atoms with Crippen molar-refractivity contribution in [3.8, 4) is 0 Å². The van der Waals surface area contributed by atoms with Gasteiger partial charge in [-0.05, 0) is 30.6 Å². The van der Waals surface area contributed by atoms with Gasteiger partial charge in [-0.2, -0.15) is 11.8 Å². The van der Waals surface area contributed by atoms with Gasteiger partial charge < -0.3 is 15.7 Å². The highest BCUT2D eigenvalue weighted by molar-refractivity contribution is 7.98. The first-order valence-corrected chi connectivity index (χ1v) is 7.46. The minimum atomic E-state index is -1.04. The number of carbonyl (C=O) groups excluding carboxylic acids is 1. The van der Waals surface area contributed by atoms with Crippen molar-refractivity contribution in [1.29, 1.82) is 0 Å². The van der Waals surface area contributed by atoms with Gasteiger partial charge in [-0.25, -0.2) is 9.59 Å². The highest BCUT2D eigenvalue weighted by atomic mass is 32.2. The molecule has 1 rings (SSSR count). The SMILES string of the molecule is CSCCC(NC(=O)Nc1ccccc1S)C(=O)O. The maximum Gasteiger partial charge on any atom is 0.326 e. The van der Waals surface area contributed by atoms with Crippen molar-refractivity contribution in [2.24, 2.45) is 0 Å². The second kappa shape index (κ2) is 7.96. The molecule has 0 aromatic heterocycles. The number of rotatable bonds is 6. The Bertz CT molecular complexity index is 454. The van der Waals surface area contributed by atoms with E-state index in [-0.39, 0.29) is 0 Å². The minimum Gasteiger partial charge on any atom is -0.480 e. The van der Waals surface area contributed by atoms with Gasteiger partial charge >= 0.3 is 12.0 Å². The van der Waals surface area contributed by atoms with Gasteiger partial charge in [0, 0.05) is 4.90 Å². The van der Waals surface area contributed by atoms with E-state index in [9.17, 15) is 9.59 Å². The Morgan fingerprint density at radius 1 is 1.42 bits per heavy atom. The second-order valence-corrected chi connectivity index (χ2v) is 5.26. The number of amides is 2. The van der Waals surface area contributed by atoms with Crippen molar-refractivity contribution in [3.63, 3.8) is 0 Å². The number of para-hydroxylation sites is 1. The standard InChI is InChI=1S/C12H16N2O3S2/c1-19-7-6-9(11(15)16)14-12(17)13-8-4-2-3-5-10(8)18/h2-5,9,18H,6-7H2,1H3,(H,15,16)(H2,13,14,17). The van der Waals surface area contributed by atoms with Crippen LogP contribution in [-0.2, 0) is 4.79 Å². The molecule has 0 fully saturated rings. The number of carboxylic acids is 1. The maximum absolute atomic E-state index is 11.7. The Kier molecular flexibility index (Phi) is 6.58. The molecule has 5 nitrogen and oxygen atoms in total. The molecule has 1 atom stereocenters. The van der Waals surface area contributed by atoms with Crippen LogP contribution in [0.3, 0.4) is 0 Å². The molecule has 0 radical (unpaired) electrons. The van der Waals surface area contributed by atoms with Crippen molar-refractivity contribution in [2.45, 2.75) is 17.4 Å². The van der Waals surface area contributed by atoms with Crippen molar-refractivity contribution in [3.05, 3.63) is 24.3 Å². The van der Waals surface area contributed by atoms with Crippen LogP contribution in [-0.4, -0.2) is 35.2 Å². The van der Waals surface area contributed by atoms with Crippen molar-refractivity contribution in [1.82, 2.24) is 5.32 Å². The van der Waals surface area contributed by atoms with E-state index in [4.69, 9.17) is 5.11 Å². The third-order valence-electron chi connectivity index (χ3n) is 2.37. The third-order valence-corrected chi connectivity index (χ3v) is 3.40. The predicted molar refractivity (Wildman–Crippen MR) is 80.3 cm³/mol. The number of thiol groups is 1. The average molecular weight is 300 g/mol. The monoisotopic (exact) mass is 300 g/mol. The van der Waals surface area contributed by atoms with E-state index in [0.29, 0.717) is 22.8 Å². The molecule has 0 aliphatic heterocycles. The summed E-state index contributed by atoms with van der Waals surface area (Å²) in [6.07, 6.45) is 2.27. The van der Waals surface area contributed by atoms with E-state index in [1.165, 1.54) is 11.8 Å². The summed E-state index contributed by atoms with van der Waals surface area (Å²) in [5.41, 5.74) is 0.539. The lowest BCUT2D eigenvalue weighted by atomic mass is 10.2. The van der Waals surface area contributed by atoms with E-state index < -0.39 is 18.0 Å².